The fourth-order valence-electron chi connectivity index (χ4n) is 2.17. The Bertz CT molecular complexity index is 729. The van der Waals surface area contributed by atoms with E-state index in [2.05, 4.69) is 24.1 Å². The Labute approximate surface area is 151 Å². The number of nitrogens with zero attached hydrogens (tertiary/aromatic N) is 1. The number of aromatic nitrogens is 1. The summed E-state index contributed by atoms with van der Waals surface area (Å²) in [5, 5.41) is 4.52. The van der Waals surface area contributed by atoms with Crippen LogP contribution in [-0.2, 0) is 9.53 Å². The van der Waals surface area contributed by atoms with Gasteiger partial charge in [0.15, 0.2) is 17.4 Å². The molecule has 0 saturated carbocycles. The summed E-state index contributed by atoms with van der Waals surface area (Å²) in [4.78, 5) is 27.7. The van der Waals surface area contributed by atoms with Crippen molar-refractivity contribution in [2.75, 3.05) is 18.5 Å². The van der Waals surface area contributed by atoms with Crippen molar-refractivity contribution in [1.29, 1.82) is 0 Å². The lowest BCUT2D eigenvalue weighted by Crippen LogP contribution is -2.20. The molecule has 1 atom stereocenters. The van der Waals surface area contributed by atoms with E-state index in [9.17, 15) is 9.59 Å². The second-order valence-electron chi connectivity index (χ2n) is 5.44. The number of amides is 1. The number of esters is 1. The van der Waals surface area contributed by atoms with Crippen LogP contribution in [0.25, 0.3) is 0 Å². The molecule has 0 radical (unpaired) electrons. The summed E-state index contributed by atoms with van der Waals surface area (Å²) in [6.07, 6.45) is 0.988. The van der Waals surface area contributed by atoms with E-state index in [4.69, 9.17) is 9.47 Å². The van der Waals surface area contributed by atoms with Crippen molar-refractivity contribution >= 4 is 28.3 Å². The van der Waals surface area contributed by atoms with Gasteiger partial charge in [-0.3, -0.25) is 10.1 Å². The third-order valence-corrected chi connectivity index (χ3v) is 4.41. The number of para-hydroxylation sites is 1. The number of nitrogens with one attached hydrogen (secondary N) is 1. The number of ether oxygens (including phenoxy) is 2. The van der Waals surface area contributed by atoms with Gasteiger partial charge in [0.2, 0.25) is 0 Å². The molecule has 0 aliphatic carbocycles. The monoisotopic (exact) mass is 362 g/mol. The largest absolute Gasteiger partial charge is 0.483 e. The molecule has 7 heteroatoms. The summed E-state index contributed by atoms with van der Waals surface area (Å²) in [6.45, 7) is 6.11. The minimum atomic E-state index is -0.502. The maximum Gasteiger partial charge on any atom is 0.357 e. The van der Waals surface area contributed by atoms with Gasteiger partial charge in [-0.15, -0.1) is 11.3 Å². The molecular weight excluding hydrogens is 340 g/mol. The van der Waals surface area contributed by atoms with E-state index in [1.54, 1.807) is 12.3 Å². The van der Waals surface area contributed by atoms with E-state index in [-0.39, 0.29) is 24.8 Å². The van der Waals surface area contributed by atoms with Gasteiger partial charge in [0.1, 0.15) is 5.75 Å². The van der Waals surface area contributed by atoms with Crippen LogP contribution in [0.3, 0.4) is 0 Å². The van der Waals surface area contributed by atoms with E-state index in [1.165, 1.54) is 11.3 Å². The van der Waals surface area contributed by atoms with Crippen LogP contribution in [0, 0.1) is 0 Å². The van der Waals surface area contributed by atoms with Gasteiger partial charge < -0.3 is 9.47 Å². The fourth-order valence-corrected chi connectivity index (χ4v) is 2.86. The summed E-state index contributed by atoms with van der Waals surface area (Å²) in [6, 6.07) is 7.71. The standard InChI is InChI=1S/C18H22N2O4S/c1-4-12(3)13-8-6-7-9-15(13)24-10-16(21)20-18-19-14(11-25-18)17(22)23-5-2/h6-9,11-12H,4-5,10H2,1-3H3,(H,19,20,21). The highest BCUT2D eigenvalue weighted by Gasteiger charge is 2.14. The molecular formula is C18H22N2O4S. The molecule has 134 valence electrons. The third-order valence-electron chi connectivity index (χ3n) is 3.66. The van der Waals surface area contributed by atoms with Gasteiger partial charge in [-0.1, -0.05) is 32.0 Å². The summed E-state index contributed by atoms with van der Waals surface area (Å²) in [7, 11) is 0. The van der Waals surface area contributed by atoms with E-state index < -0.39 is 5.97 Å². The van der Waals surface area contributed by atoms with Crippen LogP contribution in [0.15, 0.2) is 29.6 Å². The lowest BCUT2D eigenvalue weighted by molar-refractivity contribution is -0.118. The van der Waals surface area contributed by atoms with Crippen molar-refractivity contribution in [3.63, 3.8) is 0 Å². The Morgan fingerprint density at radius 1 is 1.28 bits per heavy atom. The van der Waals surface area contributed by atoms with Gasteiger partial charge in [-0.05, 0) is 30.9 Å². The zero-order valence-corrected chi connectivity index (χ0v) is 15.4. The molecule has 1 heterocycles. The quantitative estimate of drug-likeness (QED) is 0.722. The predicted molar refractivity (Wildman–Crippen MR) is 97.3 cm³/mol. The van der Waals surface area contributed by atoms with Crippen LogP contribution in [0.5, 0.6) is 5.75 Å². The molecule has 0 fully saturated rings. The van der Waals surface area contributed by atoms with E-state index >= 15 is 0 Å². The maximum atomic E-state index is 12.1. The first kappa shape index (κ1) is 18.9. The topological polar surface area (TPSA) is 77.5 Å². The van der Waals surface area contributed by atoms with Crippen molar-refractivity contribution in [3.05, 3.63) is 40.9 Å². The molecule has 1 unspecified atom stereocenters. The Balaban J connectivity index is 1.92. The molecule has 0 saturated heterocycles. The summed E-state index contributed by atoms with van der Waals surface area (Å²) < 4.78 is 10.5. The molecule has 1 amide bonds. The molecule has 0 bridgehead atoms. The molecule has 2 aromatic rings. The molecule has 1 N–H and O–H groups in total. The first-order valence-electron chi connectivity index (χ1n) is 8.19. The van der Waals surface area contributed by atoms with Crippen LogP contribution in [0.2, 0.25) is 0 Å². The van der Waals surface area contributed by atoms with Gasteiger partial charge >= 0.3 is 5.97 Å². The number of hydrogen-bond donors (Lipinski definition) is 1. The molecule has 1 aromatic carbocycles. The average Bonchev–Trinajstić information content (AvgIpc) is 3.08. The Morgan fingerprint density at radius 2 is 2.04 bits per heavy atom. The minimum absolute atomic E-state index is 0.123. The molecule has 2 rings (SSSR count). The third kappa shape index (κ3) is 5.29. The zero-order valence-electron chi connectivity index (χ0n) is 14.6. The van der Waals surface area contributed by atoms with E-state index in [0.29, 0.717) is 16.8 Å². The first-order chi connectivity index (χ1) is 12.0. The van der Waals surface area contributed by atoms with Crippen molar-refractivity contribution in [1.82, 2.24) is 4.98 Å². The Hall–Kier alpha value is -2.41. The number of thiazole rings is 1. The average molecular weight is 362 g/mol. The number of anilines is 1. The van der Waals surface area contributed by atoms with E-state index in [0.717, 1.165) is 12.0 Å². The normalized spacial score (nSPS) is 11.6. The van der Waals surface area contributed by atoms with Gasteiger partial charge in [0.05, 0.1) is 6.61 Å². The van der Waals surface area contributed by atoms with Gasteiger partial charge in [-0.25, -0.2) is 9.78 Å². The molecule has 0 spiro atoms. The lowest BCUT2D eigenvalue weighted by Gasteiger charge is -2.15. The second-order valence-corrected chi connectivity index (χ2v) is 6.30. The highest BCUT2D eigenvalue weighted by Crippen LogP contribution is 2.28. The van der Waals surface area contributed by atoms with Crippen molar-refractivity contribution < 1.29 is 19.1 Å². The predicted octanol–water partition coefficient (Wildman–Crippen LogP) is 3.85. The number of carbonyl (C=O) groups is 2. The zero-order chi connectivity index (χ0) is 18.2. The Morgan fingerprint density at radius 3 is 2.76 bits per heavy atom. The van der Waals surface area contributed by atoms with Crippen LogP contribution in [0.1, 0.15) is 49.2 Å². The van der Waals surface area contributed by atoms with Crippen LogP contribution < -0.4 is 10.1 Å². The molecule has 0 aliphatic heterocycles. The summed E-state index contributed by atoms with van der Waals surface area (Å²) >= 11 is 1.17. The smallest absolute Gasteiger partial charge is 0.357 e. The van der Waals surface area contributed by atoms with Crippen molar-refractivity contribution in [2.24, 2.45) is 0 Å². The van der Waals surface area contributed by atoms with Crippen LogP contribution >= 0.6 is 11.3 Å². The number of hydrogen-bond acceptors (Lipinski definition) is 6. The number of benzene rings is 1. The van der Waals surface area contributed by atoms with Crippen LogP contribution in [-0.4, -0.2) is 30.1 Å². The number of rotatable bonds is 8. The molecule has 6 nitrogen and oxygen atoms in total. The molecule has 1 aromatic heterocycles. The molecule has 25 heavy (non-hydrogen) atoms. The molecule has 0 aliphatic rings. The SMILES string of the molecule is CCOC(=O)c1csc(NC(=O)COc2ccccc2C(C)CC)n1. The van der Waals surface area contributed by atoms with Gasteiger partial charge in [0, 0.05) is 5.38 Å². The lowest BCUT2D eigenvalue weighted by atomic mass is 9.98. The number of carbonyl (C=O) groups excluding carboxylic acids is 2. The summed E-state index contributed by atoms with van der Waals surface area (Å²) in [5.74, 6) is 0.227. The highest BCUT2D eigenvalue weighted by molar-refractivity contribution is 7.14. The maximum absolute atomic E-state index is 12.1. The first-order valence-corrected chi connectivity index (χ1v) is 9.07. The van der Waals surface area contributed by atoms with Crippen molar-refractivity contribution in [3.8, 4) is 5.75 Å². The van der Waals surface area contributed by atoms with Crippen LogP contribution in [0.4, 0.5) is 5.13 Å². The van der Waals surface area contributed by atoms with Crippen molar-refractivity contribution in [2.45, 2.75) is 33.1 Å². The fraction of sp³-hybridized carbons (Fsp3) is 0.389. The second kappa shape index (κ2) is 9.17. The van der Waals surface area contributed by atoms with E-state index in [1.807, 2.05) is 24.3 Å². The van der Waals surface area contributed by atoms with Gasteiger partial charge in [0.25, 0.3) is 5.91 Å². The minimum Gasteiger partial charge on any atom is -0.483 e. The van der Waals surface area contributed by atoms with Gasteiger partial charge in [-0.2, -0.15) is 0 Å². The highest BCUT2D eigenvalue weighted by atomic mass is 32.1. The Kier molecular flexibility index (Phi) is 6.94. The summed E-state index contributed by atoms with van der Waals surface area (Å²) in [5.41, 5.74) is 1.27.